The average molecular weight is 416 g/mol. The lowest BCUT2D eigenvalue weighted by molar-refractivity contribution is 0.264. The lowest BCUT2D eigenvalue weighted by atomic mass is 10.1. The van der Waals surface area contributed by atoms with Crippen LogP contribution < -0.4 is 15.6 Å². The minimum absolute atomic E-state index is 0.0447. The van der Waals surface area contributed by atoms with Gasteiger partial charge in [0.15, 0.2) is 5.11 Å². The molecule has 0 aliphatic rings. The van der Waals surface area contributed by atoms with E-state index >= 15 is 0 Å². The van der Waals surface area contributed by atoms with Crippen molar-refractivity contribution >= 4 is 28.2 Å². The number of nitrogens with zero attached hydrogens (tertiary/aromatic N) is 1. The van der Waals surface area contributed by atoms with Crippen molar-refractivity contribution in [3.63, 3.8) is 0 Å². The number of fused-ring (bicyclic) bond motifs is 1. The molecule has 2 heterocycles. The molecule has 0 amide bonds. The minimum Gasteiger partial charge on any atom is -0.494 e. The Balaban J connectivity index is 1.79. The third kappa shape index (κ3) is 5.58. The van der Waals surface area contributed by atoms with Crippen LogP contribution in [0.15, 0.2) is 51.9 Å². The molecule has 1 aromatic carbocycles. The van der Waals surface area contributed by atoms with E-state index in [1.54, 1.807) is 6.26 Å². The maximum Gasteiger partial charge on any atom is 0.253 e. The van der Waals surface area contributed by atoms with Crippen LogP contribution in [0.25, 0.3) is 10.9 Å². The molecule has 0 aliphatic heterocycles. The highest BCUT2D eigenvalue weighted by Crippen LogP contribution is 2.19. The molecule has 0 bridgehead atoms. The first kappa shape index (κ1) is 20.9. The van der Waals surface area contributed by atoms with Crippen molar-refractivity contribution in [3.8, 4) is 5.75 Å². The highest BCUT2D eigenvalue weighted by molar-refractivity contribution is 7.80. The minimum atomic E-state index is -0.163. The van der Waals surface area contributed by atoms with E-state index in [2.05, 4.69) is 10.3 Å². The highest BCUT2D eigenvalue weighted by Gasteiger charge is 2.14. The van der Waals surface area contributed by atoms with Crippen molar-refractivity contribution in [2.24, 2.45) is 0 Å². The Labute approximate surface area is 174 Å². The number of benzene rings is 1. The van der Waals surface area contributed by atoms with Gasteiger partial charge in [-0.15, -0.1) is 0 Å². The molecule has 0 spiro atoms. The number of aliphatic hydroxyl groups is 1. The fourth-order valence-electron chi connectivity index (χ4n) is 3.01. The van der Waals surface area contributed by atoms with Crippen LogP contribution in [-0.2, 0) is 13.1 Å². The second-order valence-electron chi connectivity index (χ2n) is 6.54. The summed E-state index contributed by atoms with van der Waals surface area (Å²) in [5, 5.41) is 13.8. The van der Waals surface area contributed by atoms with Gasteiger partial charge in [-0.2, -0.15) is 0 Å². The lowest BCUT2D eigenvalue weighted by Gasteiger charge is -2.25. The summed E-state index contributed by atoms with van der Waals surface area (Å²) in [6.07, 6.45) is 2.15. The van der Waals surface area contributed by atoms with E-state index in [0.717, 1.165) is 22.4 Å². The maximum absolute atomic E-state index is 12.6. The summed E-state index contributed by atoms with van der Waals surface area (Å²) in [6.45, 7) is 3.85. The number of rotatable bonds is 9. The van der Waals surface area contributed by atoms with Gasteiger partial charge in [0, 0.05) is 29.6 Å². The smallest absolute Gasteiger partial charge is 0.253 e. The molecule has 0 atom stereocenters. The molecule has 0 radical (unpaired) electrons. The molecule has 2 aromatic heterocycles. The van der Waals surface area contributed by atoms with Crippen molar-refractivity contribution in [3.05, 3.63) is 64.3 Å². The Morgan fingerprint density at radius 3 is 2.93 bits per heavy atom. The van der Waals surface area contributed by atoms with Crippen LogP contribution in [0.3, 0.4) is 0 Å². The summed E-state index contributed by atoms with van der Waals surface area (Å²) >= 11 is 5.51. The van der Waals surface area contributed by atoms with Gasteiger partial charge in [-0.3, -0.25) is 4.79 Å². The largest absolute Gasteiger partial charge is 0.494 e. The summed E-state index contributed by atoms with van der Waals surface area (Å²) in [4.78, 5) is 17.4. The van der Waals surface area contributed by atoms with Gasteiger partial charge in [-0.1, -0.05) is 0 Å². The Kier molecular flexibility index (Phi) is 7.26. The van der Waals surface area contributed by atoms with Crippen molar-refractivity contribution in [2.75, 3.05) is 19.8 Å². The number of H-pyrrole nitrogens is 1. The molecule has 0 unspecified atom stereocenters. The van der Waals surface area contributed by atoms with Crippen LogP contribution in [-0.4, -0.2) is 39.9 Å². The third-order valence-corrected chi connectivity index (χ3v) is 4.83. The van der Waals surface area contributed by atoms with Crippen LogP contribution in [0.1, 0.15) is 24.7 Å². The normalized spacial score (nSPS) is 10.8. The number of hydrogen-bond donors (Lipinski definition) is 3. The van der Waals surface area contributed by atoms with Gasteiger partial charge in [0.25, 0.3) is 5.56 Å². The number of aromatic amines is 1. The predicted molar refractivity (Wildman–Crippen MR) is 116 cm³/mol. The molecule has 8 heteroatoms. The molecular weight excluding hydrogens is 390 g/mol. The first-order chi connectivity index (χ1) is 14.1. The van der Waals surface area contributed by atoms with Crippen molar-refractivity contribution < 1.29 is 14.3 Å². The molecule has 3 rings (SSSR count). The number of nitrogens with one attached hydrogen (secondary N) is 2. The number of thiocarbonyl (C=S) groups is 1. The number of aromatic nitrogens is 1. The van der Waals surface area contributed by atoms with Gasteiger partial charge in [-0.05, 0) is 62.0 Å². The van der Waals surface area contributed by atoms with Gasteiger partial charge in [-0.25, -0.2) is 0 Å². The first-order valence-electron chi connectivity index (χ1n) is 9.55. The summed E-state index contributed by atoms with van der Waals surface area (Å²) in [6, 6.07) is 11.1. The van der Waals surface area contributed by atoms with Gasteiger partial charge in [0.1, 0.15) is 11.5 Å². The van der Waals surface area contributed by atoms with Crippen LogP contribution >= 0.6 is 12.2 Å². The quantitative estimate of drug-likeness (QED) is 0.463. The molecule has 29 heavy (non-hydrogen) atoms. The number of ether oxygens (including phenoxy) is 1. The maximum atomic E-state index is 12.6. The van der Waals surface area contributed by atoms with Crippen molar-refractivity contribution in [1.29, 1.82) is 0 Å². The van der Waals surface area contributed by atoms with Gasteiger partial charge >= 0.3 is 0 Å². The first-order valence-corrected chi connectivity index (χ1v) is 9.96. The summed E-state index contributed by atoms with van der Waals surface area (Å²) < 4.78 is 10.9. The Bertz CT molecular complexity index is 1000. The summed E-state index contributed by atoms with van der Waals surface area (Å²) in [5.74, 6) is 1.52. The second-order valence-corrected chi connectivity index (χ2v) is 6.93. The monoisotopic (exact) mass is 415 g/mol. The molecule has 3 aromatic rings. The Hall–Kier alpha value is -2.84. The second kappa shape index (κ2) is 10.1. The molecule has 0 saturated heterocycles. The van der Waals surface area contributed by atoms with Crippen LogP contribution in [0, 0.1) is 0 Å². The fourth-order valence-corrected chi connectivity index (χ4v) is 3.24. The molecule has 0 aliphatic carbocycles. The number of aliphatic hydroxyl groups excluding tert-OH is 1. The molecule has 0 fully saturated rings. The SMILES string of the molecule is CCOc1ccc2[nH]c(=O)c(CN(CCCO)C(=S)NCc3ccco3)cc2c1. The molecular formula is C21H25N3O4S. The van der Waals surface area contributed by atoms with Gasteiger partial charge in [0.05, 0.1) is 26.0 Å². The Morgan fingerprint density at radius 1 is 1.34 bits per heavy atom. The summed E-state index contributed by atoms with van der Waals surface area (Å²) in [7, 11) is 0. The highest BCUT2D eigenvalue weighted by atomic mass is 32.1. The molecule has 154 valence electrons. The zero-order chi connectivity index (χ0) is 20.6. The third-order valence-electron chi connectivity index (χ3n) is 4.43. The van der Waals surface area contributed by atoms with E-state index in [-0.39, 0.29) is 12.2 Å². The van der Waals surface area contributed by atoms with E-state index < -0.39 is 0 Å². The predicted octanol–water partition coefficient (Wildman–Crippen LogP) is 2.78. The topological polar surface area (TPSA) is 90.7 Å². The van der Waals surface area contributed by atoms with Crippen LogP contribution in [0.5, 0.6) is 5.75 Å². The Morgan fingerprint density at radius 2 is 2.21 bits per heavy atom. The van der Waals surface area contributed by atoms with Gasteiger partial charge < -0.3 is 29.5 Å². The van der Waals surface area contributed by atoms with Crippen molar-refractivity contribution in [2.45, 2.75) is 26.4 Å². The molecule has 0 saturated carbocycles. The van der Waals surface area contributed by atoms with E-state index in [1.165, 1.54) is 0 Å². The van der Waals surface area contributed by atoms with Crippen LogP contribution in [0.4, 0.5) is 0 Å². The summed E-state index contributed by atoms with van der Waals surface area (Å²) in [5.41, 5.74) is 1.18. The number of furan rings is 1. The lowest BCUT2D eigenvalue weighted by Crippen LogP contribution is -2.40. The zero-order valence-electron chi connectivity index (χ0n) is 16.3. The van der Waals surface area contributed by atoms with E-state index in [9.17, 15) is 9.90 Å². The standard InChI is InChI=1S/C21H25N3O4S/c1-2-27-17-6-7-19-15(12-17)11-16(20(26)23-19)14-24(8-4-9-25)21(29)22-13-18-5-3-10-28-18/h3,5-7,10-12,25H,2,4,8-9,13-14H2,1H3,(H,22,29)(H,23,26). The number of pyridine rings is 1. The van der Waals surface area contributed by atoms with E-state index in [4.69, 9.17) is 21.4 Å². The number of hydrogen-bond acceptors (Lipinski definition) is 5. The van der Waals surface area contributed by atoms with Crippen LogP contribution in [0.2, 0.25) is 0 Å². The van der Waals surface area contributed by atoms with E-state index in [1.807, 2.05) is 48.2 Å². The average Bonchev–Trinajstić information content (AvgIpc) is 3.23. The zero-order valence-corrected chi connectivity index (χ0v) is 17.1. The van der Waals surface area contributed by atoms with Crippen molar-refractivity contribution in [1.82, 2.24) is 15.2 Å². The molecule has 7 nitrogen and oxygen atoms in total. The fraction of sp³-hybridized carbons (Fsp3) is 0.333. The van der Waals surface area contributed by atoms with Gasteiger partial charge in [0.2, 0.25) is 0 Å². The molecule has 3 N–H and O–H groups in total. The van der Waals surface area contributed by atoms with E-state index in [0.29, 0.717) is 43.3 Å².